The molecular formula is C14H15FN4O2. The Morgan fingerprint density at radius 1 is 1.52 bits per heavy atom. The van der Waals surface area contributed by atoms with E-state index in [1.165, 1.54) is 11.7 Å². The predicted molar refractivity (Wildman–Crippen MR) is 75.1 cm³/mol. The number of carbonyl (C=O) groups excluding carboxylic acids is 2. The molecule has 7 heteroatoms. The average molecular weight is 290 g/mol. The summed E-state index contributed by atoms with van der Waals surface area (Å²) in [7, 11) is 1.40. The number of hydrogen-bond donors (Lipinski definition) is 0. The number of rotatable bonds is 4. The largest absolute Gasteiger partial charge is 0.309 e. The minimum absolute atomic E-state index is 0.00724. The molecule has 0 radical (unpaired) electrons. The van der Waals surface area contributed by atoms with Crippen molar-refractivity contribution >= 4 is 17.9 Å². The summed E-state index contributed by atoms with van der Waals surface area (Å²) in [4.78, 5) is 27.7. The molecule has 0 saturated carbocycles. The monoisotopic (exact) mass is 290 g/mol. The Hall–Kier alpha value is -2.57. The molecule has 0 aliphatic heterocycles. The van der Waals surface area contributed by atoms with E-state index in [9.17, 15) is 14.0 Å². The van der Waals surface area contributed by atoms with Crippen LogP contribution in [-0.4, -0.2) is 39.7 Å². The number of pyridine rings is 1. The third kappa shape index (κ3) is 2.81. The Bertz CT molecular complexity index is 667. The molecule has 2 heterocycles. The smallest absolute Gasteiger partial charge is 0.271 e. The lowest BCUT2D eigenvalue weighted by molar-refractivity contribution is -0.134. The number of aromatic nitrogens is 3. The molecule has 6 nitrogen and oxygen atoms in total. The first-order valence-electron chi connectivity index (χ1n) is 6.27. The standard InChI is InChI=1S/C14H15FN4O2/c1-10-12(18(3)13(21)14(2,15)9-20)8-19(17-10)11-5-4-6-16-7-11/h4-9H,1-3H3. The molecule has 0 aromatic carbocycles. The third-order valence-electron chi connectivity index (χ3n) is 3.09. The van der Waals surface area contributed by atoms with Gasteiger partial charge in [0.05, 0.1) is 29.5 Å². The van der Waals surface area contributed by atoms with E-state index in [-0.39, 0.29) is 6.29 Å². The van der Waals surface area contributed by atoms with Gasteiger partial charge in [-0.1, -0.05) is 0 Å². The maximum absolute atomic E-state index is 13.8. The van der Waals surface area contributed by atoms with Crippen molar-refractivity contribution in [1.82, 2.24) is 14.8 Å². The number of halogens is 1. The van der Waals surface area contributed by atoms with Crippen LogP contribution in [0.3, 0.4) is 0 Å². The van der Waals surface area contributed by atoms with Gasteiger partial charge in [0, 0.05) is 13.2 Å². The van der Waals surface area contributed by atoms with Crippen LogP contribution < -0.4 is 4.90 Å². The van der Waals surface area contributed by atoms with Crippen molar-refractivity contribution in [1.29, 1.82) is 0 Å². The van der Waals surface area contributed by atoms with Crippen molar-refractivity contribution < 1.29 is 14.0 Å². The predicted octanol–water partition coefficient (Wildman–Crippen LogP) is 1.47. The summed E-state index contributed by atoms with van der Waals surface area (Å²) in [6.07, 6.45) is 4.83. The van der Waals surface area contributed by atoms with Crippen molar-refractivity contribution in [3.8, 4) is 5.69 Å². The highest BCUT2D eigenvalue weighted by Gasteiger charge is 2.36. The lowest BCUT2D eigenvalue weighted by atomic mass is 10.1. The summed E-state index contributed by atoms with van der Waals surface area (Å²) >= 11 is 0. The molecule has 110 valence electrons. The molecule has 0 aliphatic rings. The summed E-state index contributed by atoms with van der Waals surface area (Å²) in [5.41, 5.74) is -0.880. The van der Waals surface area contributed by atoms with Crippen LogP contribution in [0, 0.1) is 6.92 Å². The van der Waals surface area contributed by atoms with Gasteiger partial charge in [0.1, 0.15) is 0 Å². The number of hydrogen-bond acceptors (Lipinski definition) is 4. The van der Waals surface area contributed by atoms with Gasteiger partial charge in [-0.25, -0.2) is 9.07 Å². The Morgan fingerprint density at radius 3 is 2.81 bits per heavy atom. The van der Waals surface area contributed by atoms with Crippen LogP contribution in [0.15, 0.2) is 30.7 Å². The van der Waals surface area contributed by atoms with Crippen molar-refractivity contribution in [3.63, 3.8) is 0 Å². The molecule has 2 aromatic rings. The second kappa shape index (κ2) is 5.43. The molecule has 0 N–H and O–H groups in total. The number of amides is 1. The molecule has 1 atom stereocenters. The Balaban J connectivity index is 2.36. The highest BCUT2D eigenvalue weighted by atomic mass is 19.1. The maximum atomic E-state index is 13.8. The fourth-order valence-electron chi connectivity index (χ4n) is 1.89. The quantitative estimate of drug-likeness (QED) is 0.631. The van der Waals surface area contributed by atoms with Gasteiger partial charge in [-0.2, -0.15) is 5.10 Å². The third-order valence-corrected chi connectivity index (χ3v) is 3.09. The van der Waals surface area contributed by atoms with E-state index in [4.69, 9.17) is 0 Å². The maximum Gasteiger partial charge on any atom is 0.271 e. The molecule has 2 rings (SSSR count). The molecule has 1 amide bonds. The second-order valence-corrected chi connectivity index (χ2v) is 4.81. The van der Waals surface area contributed by atoms with Gasteiger partial charge in [0.15, 0.2) is 6.29 Å². The molecule has 0 saturated heterocycles. The van der Waals surface area contributed by atoms with Crippen LogP contribution in [0.25, 0.3) is 5.69 Å². The SMILES string of the molecule is Cc1nn(-c2cccnc2)cc1N(C)C(=O)C(C)(F)C=O. The highest BCUT2D eigenvalue weighted by molar-refractivity contribution is 6.08. The minimum Gasteiger partial charge on any atom is -0.309 e. The summed E-state index contributed by atoms with van der Waals surface area (Å²) in [5.74, 6) is -0.939. The molecule has 2 aromatic heterocycles. The topological polar surface area (TPSA) is 68.1 Å². The van der Waals surface area contributed by atoms with E-state index >= 15 is 0 Å². The molecule has 21 heavy (non-hydrogen) atoms. The van der Waals surface area contributed by atoms with Crippen molar-refractivity contribution in [3.05, 3.63) is 36.4 Å². The van der Waals surface area contributed by atoms with Gasteiger partial charge in [-0.15, -0.1) is 0 Å². The van der Waals surface area contributed by atoms with Crippen molar-refractivity contribution in [2.45, 2.75) is 19.5 Å². The number of carbonyl (C=O) groups is 2. The molecule has 0 spiro atoms. The number of anilines is 1. The summed E-state index contributed by atoms with van der Waals surface area (Å²) in [6, 6.07) is 3.56. The number of aldehydes is 1. The first-order chi connectivity index (χ1) is 9.86. The molecule has 0 fully saturated rings. The summed E-state index contributed by atoms with van der Waals surface area (Å²) in [5, 5.41) is 4.26. The zero-order chi connectivity index (χ0) is 15.6. The lowest BCUT2D eigenvalue weighted by Crippen LogP contribution is -2.43. The fraction of sp³-hybridized carbons (Fsp3) is 0.286. The van der Waals surface area contributed by atoms with Gasteiger partial charge >= 0.3 is 0 Å². The van der Waals surface area contributed by atoms with E-state index in [0.717, 1.165) is 11.8 Å². The Kier molecular flexibility index (Phi) is 3.84. The first-order valence-corrected chi connectivity index (χ1v) is 6.27. The normalized spacial score (nSPS) is 13.5. The van der Waals surface area contributed by atoms with Crippen molar-refractivity contribution in [2.24, 2.45) is 0 Å². The number of aryl methyl sites for hydroxylation is 1. The zero-order valence-electron chi connectivity index (χ0n) is 11.9. The van der Waals surface area contributed by atoms with Crippen LogP contribution in [0.2, 0.25) is 0 Å². The molecule has 1 unspecified atom stereocenters. The van der Waals surface area contributed by atoms with Crippen LogP contribution in [0.1, 0.15) is 12.6 Å². The van der Waals surface area contributed by atoms with Crippen LogP contribution in [-0.2, 0) is 9.59 Å². The van der Waals surface area contributed by atoms with Gasteiger partial charge < -0.3 is 4.90 Å². The molecular weight excluding hydrogens is 275 g/mol. The lowest BCUT2D eigenvalue weighted by Gasteiger charge is -2.21. The van der Waals surface area contributed by atoms with Gasteiger partial charge in [-0.05, 0) is 26.0 Å². The van der Waals surface area contributed by atoms with E-state index in [1.54, 1.807) is 37.6 Å². The van der Waals surface area contributed by atoms with Crippen LogP contribution >= 0.6 is 0 Å². The van der Waals surface area contributed by atoms with Crippen LogP contribution in [0.4, 0.5) is 10.1 Å². The first kappa shape index (κ1) is 14.8. The minimum atomic E-state index is -2.56. The highest BCUT2D eigenvalue weighted by Crippen LogP contribution is 2.23. The fourth-order valence-corrected chi connectivity index (χ4v) is 1.89. The Morgan fingerprint density at radius 2 is 2.24 bits per heavy atom. The van der Waals surface area contributed by atoms with Gasteiger partial charge in [0.25, 0.3) is 5.91 Å². The van der Waals surface area contributed by atoms with E-state index in [2.05, 4.69) is 10.1 Å². The van der Waals surface area contributed by atoms with E-state index < -0.39 is 11.6 Å². The number of alkyl halides is 1. The zero-order valence-corrected chi connectivity index (χ0v) is 11.9. The average Bonchev–Trinajstić information content (AvgIpc) is 2.88. The van der Waals surface area contributed by atoms with Crippen molar-refractivity contribution in [2.75, 3.05) is 11.9 Å². The Labute approximate surface area is 121 Å². The van der Waals surface area contributed by atoms with Crippen LogP contribution in [0.5, 0.6) is 0 Å². The van der Waals surface area contributed by atoms with Gasteiger partial charge in [0.2, 0.25) is 5.67 Å². The summed E-state index contributed by atoms with van der Waals surface area (Å²) in [6.45, 7) is 2.63. The number of nitrogens with zero attached hydrogens (tertiary/aromatic N) is 4. The summed E-state index contributed by atoms with van der Waals surface area (Å²) < 4.78 is 15.4. The molecule has 0 aliphatic carbocycles. The van der Waals surface area contributed by atoms with E-state index in [0.29, 0.717) is 17.1 Å². The van der Waals surface area contributed by atoms with Gasteiger partial charge in [-0.3, -0.25) is 14.6 Å². The molecule has 0 bridgehead atoms. The van der Waals surface area contributed by atoms with E-state index in [1.807, 2.05) is 0 Å². The second-order valence-electron chi connectivity index (χ2n) is 4.81.